The normalized spacial score (nSPS) is 12.2. The van der Waals surface area contributed by atoms with Gasteiger partial charge in [0.05, 0.1) is 11.7 Å². The molecule has 0 saturated heterocycles. The second kappa shape index (κ2) is 9.00. The molecule has 1 N–H and O–H groups in total. The summed E-state index contributed by atoms with van der Waals surface area (Å²) in [4.78, 5) is 33.0. The Morgan fingerprint density at radius 1 is 1.19 bits per heavy atom. The van der Waals surface area contributed by atoms with Crippen molar-refractivity contribution in [1.29, 1.82) is 0 Å². The van der Waals surface area contributed by atoms with Crippen LogP contribution in [0.25, 0.3) is 21.3 Å². The Hall–Kier alpha value is -2.77. The first-order chi connectivity index (χ1) is 15.3. The van der Waals surface area contributed by atoms with E-state index in [0.29, 0.717) is 10.2 Å². The van der Waals surface area contributed by atoms with E-state index in [1.54, 1.807) is 6.92 Å². The Labute approximate surface area is 199 Å². The SMILES string of the molecule is CCc1sc2ncn(C(C)C(=O)Nc3cccc(C)c3C)c(=O)c2c1-c1ccc(Br)cc1. The maximum absolute atomic E-state index is 13.6. The number of nitrogens with zero attached hydrogens (tertiary/aromatic N) is 2. The van der Waals surface area contributed by atoms with E-state index in [-0.39, 0.29) is 11.5 Å². The summed E-state index contributed by atoms with van der Waals surface area (Å²) >= 11 is 5.01. The topological polar surface area (TPSA) is 64.0 Å². The molecule has 1 atom stereocenters. The summed E-state index contributed by atoms with van der Waals surface area (Å²) in [5, 5.41) is 3.54. The summed E-state index contributed by atoms with van der Waals surface area (Å²) in [7, 11) is 0. The molecule has 0 radical (unpaired) electrons. The zero-order chi connectivity index (χ0) is 23.0. The number of thiophene rings is 1. The molecule has 4 rings (SSSR count). The zero-order valence-corrected chi connectivity index (χ0v) is 20.8. The molecule has 2 aromatic heterocycles. The van der Waals surface area contributed by atoms with Crippen molar-refractivity contribution in [3.8, 4) is 11.1 Å². The van der Waals surface area contributed by atoms with Gasteiger partial charge in [-0.1, -0.05) is 47.1 Å². The highest BCUT2D eigenvalue weighted by Crippen LogP contribution is 2.37. The number of aryl methyl sites for hydroxylation is 2. The Morgan fingerprint density at radius 2 is 1.91 bits per heavy atom. The van der Waals surface area contributed by atoms with Gasteiger partial charge in [0.1, 0.15) is 10.9 Å². The summed E-state index contributed by atoms with van der Waals surface area (Å²) in [6.45, 7) is 7.77. The lowest BCUT2D eigenvalue weighted by atomic mass is 10.0. The van der Waals surface area contributed by atoms with Gasteiger partial charge < -0.3 is 5.32 Å². The van der Waals surface area contributed by atoms with Gasteiger partial charge in [-0.25, -0.2) is 4.98 Å². The van der Waals surface area contributed by atoms with Gasteiger partial charge in [0.15, 0.2) is 0 Å². The lowest BCUT2D eigenvalue weighted by Gasteiger charge is -2.17. The summed E-state index contributed by atoms with van der Waals surface area (Å²) in [6, 6.07) is 13.0. The number of hydrogen-bond acceptors (Lipinski definition) is 4. The molecule has 4 aromatic rings. The van der Waals surface area contributed by atoms with Gasteiger partial charge in [0.25, 0.3) is 5.56 Å². The molecular weight excluding hydrogens is 486 g/mol. The molecule has 0 saturated carbocycles. The predicted molar refractivity (Wildman–Crippen MR) is 136 cm³/mol. The highest BCUT2D eigenvalue weighted by Gasteiger charge is 2.23. The number of anilines is 1. The number of carbonyl (C=O) groups excluding carboxylic acids is 1. The third-order valence-corrected chi connectivity index (χ3v) is 7.59. The minimum Gasteiger partial charge on any atom is -0.324 e. The summed E-state index contributed by atoms with van der Waals surface area (Å²) < 4.78 is 2.41. The standard InChI is InChI=1S/C25H24BrN3O2S/c1-5-20-21(17-9-11-18(26)12-10-17)22-24(32-20)27-13-29(25(22)31)16(4)23(30)28-19-8-6-7-14(2)15(19)3/h6-13,16H,5H2,1-4H3,(H,28,30). The molecule has 1 unspecified atom stereocenters. The number of halogens is 1. The van der Waals surface area contributed by atoms with E-state index in [1.807, 2.05) is 56.3 Å². The second-order valence-corrected chi connectivity index (χ2v) is 9.81. The van der Waals surface area contributed by atoms with Crippen molar-refractivity contribution in [2.45, 2.75) is 40.2 Å². The van der Waals surface area contributed by atoms with Crippen molar-refractivity contribution < 1.29 is 4.79 Å². The van der Waals surface area contributed by atoms with Crippen LogP contribution < -0.4 is 10.9 Å². The van der Waals surface area contributed by atoms with Crippen LogP contribution in [0.2, 0.25) is 0 Å². The lowest BCUT2D eigenvalue weighted by Crippen LogP contribution is -2.32. The van der Waals surface area contributed by atoms with Gasteiger partial charge in [-0.15, -0.1) is 11.3 Å². The third-order valence-electron chi connectivity index (χ3n) is 5.82. The Kier molecular flexibility index (Phi) is 6.31. The molecule has 2 heterocycles. The van der Waals surface area contributed by atoms with E-state index in [2.05, 4.69) is 33.2 Å². The van der Waals surface area contributed by atoms with Gasteiger partial charge in [-0.2, -0.15) is 0 Å². The first-order valence-corrected chi connectivity index (χ1v) is 12.1. The maximum atomic E-state index is 13.6. The van der Waals surface area contributed by atoms with Crippen LogP contribution >= 0.6 is 27.3 Å². The number of nitrogens with one attached hydrogen (secondary N) is 1. The van der Waals surface area contributed by atoms with E-state index in [4.69, 9.17) is 0 Å². The lowest BCUT2D eigenvalue weighted by molar-refractivity contribution is -0.118. The van der Waals surface area contributed by atoms with Crippen LogP contribution in [0.5, 0.6) is 0 Å². The average molecular weight is 510 g/mol. The fourth-order valence-electron chi connectivity index (χ4n) is 3.75. The van der Waals surface area contributed by atoms with E-state index in [1.165, 1.54) is 22.2 Å². The highest BCUT2D eigenvalue weighted by molar-refractivity contribution is 9.10. The van der Waals surface area contributed by atoms with Crippen LogP contribution in [0.15, 0.2) is 58.1 Å². The smallest absolute Gasteiger partial charge is 0.263 e. The van der Waals surface area contributed by atoms with Crippen molar-refractivity contribution in [3.05, 3.63) is 79.6 Å². The zero-order valence-electron chi connectivity index (χ0n) is 18.4. The molecule has 0 aliphatic heterocycles. The number of benzene rings is 2. The van der Waals surface area contributed by atoms with Crippen molar-refractivity contribution in [2.75, 3.05) is 5.32 Å². The first-order valence-electron chi connectivity index (χ1n) is 10.5. The summed E-state index contributed by atoms with van der Waals surface area (Å²) in [5.74, 6) is -0.252. The third kappa shape index (κ3) is 4.02. The van der Waals surface area contributed by atoms with E-state index in [0.717, 1.165) is 43.7 Å². The quantitative estimate of drug-likeness (QED) is 0.344. The molecule has 0 bridgehead atoms. The Balaban J connectivity index is 1.78. The van der Waals surface area contributed by atoms with Crippen molar-refractivity contribution >= 4 is 49.1 Å². The molecule has 7 heteroatoms. The van der Waals surface area contributed by atoms with Gasteiger partial charge in [-0.3, -0.25) is 14.2 Å². The van der Waals surface area contributed by atoms with Crippen LogP contribution in [-0.2, 0) is 11.2 Å². The summed E-state index contributed by atoms with van der Waals surface area (Å²) in [5.41, 5.74) is 4.54. The van der Waals surface area contributed by atoms with Gasteiger partial charge in [-0.05, 0) is 62.1 Å². The molecule has 32 heavy (non-hydrogen) atoms. The number of aromatic nitrogens is 2. The van der Waals surface area contributed by atoms with Crippen molar-refractivity contribution in [3.63, 3.8) is 0 Å². The van der Waals surface area contributed by atoms with Crippen LogP contribution in [0.3, 0.4) is 0 Å². The Morgan fingerprint density at radius 3 is 2.59 bits per heavy atom. The van der Waals surface area contributed by atoms with E-state index in [9.17, 15) is 9.59 Å². The van der Waals surface area contributed by atoms with Crippen LogP contribution in [0.4, 0.5) is 5.69 Å². The molecule has 1 amide bonds. The van der Waals surface area contributed by atoms with Gasteiger partial charge in [0.2, 0.25) is 5.91 Å². The minimum absolute atomic E-state index is 0.201. The summed E-state index contributed by atoms with van der Waals surface area (Å²) in [6.07, 6.45) is 2.29. The molecule has 0 aliphatic rings. The number of hydrogen-bond donors (Lipinski definition) is 1. The van der Waals surface area contributed by atoms with Crippen LogP contribution in [-0.4, -0.2) is 15.5 Å². The predicted octanol–water partition coefficient (Wildman–Crippen LogP) is 6.27. The maximum Gasteiger partial charge on any atom is 0.263 e. The van der Waals surface area contributed by atoms with Crippen LogP contribution in [0.1, 0.15) is 35.9 Å². The molecule has 0 aliphatic carbocycles. The first kappa shape index (κ1) is 22.4. The number of fused-ring (bicyclic) bond motifs is 1. The monoisotopic (exact) mass is 509 g/mol. The number of amides is 1. The average Bonchev–Trinajstić information content (AvgIpc) is 3.17. The molecule has 0 spiro atoms. The number of rotatable bonds is 5. The van der Waals surface area contributed by atoms with Gasteiger partial charge >= 0.3 is 0 Å². The second-order valence-electron chi connectivity index (χ2n) is 7.81. The highest BCUT2D eigenvalue weighted by atomic mass is 79.9. The fraction of sp³-hybridized carbons (Fsp3) is 0.240. The van der Waals surface area contributed by atoms with Crippen molar-refractivity contribution in [2.24, 2.45) is 0 Å². The number of carbonyl (C=O) groups is 1. The van der Waals surface area contributed by atoms with Gasteiger partial charge in [0, 0.05) is 20.6 Å². The fourth-order valence-corrected chi connectivity index (χ4v) is 5.10. The molecule has 2 aromatic carbocycles. The van der Waals surface area contributed by atoms with E-state index >= 15 is 0 Å². The van der Waals surface area contributed by atoms with E-state index < -0.39 is 6.04 Å². The largest absolute Gasteiger partial charge is 0.324 e. The molecule has 5 nitrogen and oxygen atoms in total. The molecule has 0 fully saturated rings. The Bertz CT molecular complexity index is 1370. The minimum atomic E-state index is -0.706. The van der Waals surface area contributed by atoms with Crippen molar-refractivity contribution in [1.82, 2.24) is 9.55 Å². The molecular formula is C25H24BrN3O2S. The van der Waals surface area contributed by atoms with Crippen LogP contribution in [0, 0.1) is 13.8 Å². The molecule has 164 valence electrons.